The molecular weight excluding hydrogens is 356 g/mol. The number of benzene rings is 1. The van der Waals surface area contributed by atoms with Gasteiger partial charge in [0, 0.05) is 7.05 Å². The molecule has 0 fully saturated rings. The molecule has 0 bridgehead atoms. The van der Waals surface area contributed by atoms with E-state index in [0.29, 0.717) is 5.69 Å². The first-order valence-corrected chi connectivity index (χ1v) is 7.81. The van der Waals surface area contributed by atoms with E-state index in [2.05, 4.69) is 20.4 Å². The molecule has 27 heavy (non-hydrogen) atoms. The van der Waals surface area contributed by atoms with Crippen molar-refractivity contribution in [2.24, 2.45) is 7.05 Å². The van der Waals surface area contributed by atoms with Crippen molar-refractivity contribution in [3.63, 3.8) is 0 Å². The predicted octanol–water partition coefficient (Wildman–Crippen LogP) is 2.24. The van der Waals surface area contributed by atoms with Gasteiger partial charge in [-0.05, 0) is 12.1 Å². The van der Waals surface area contributed by atoms with Crippen LogP contribution in [0.5, 0.6) is 0 Å². The second kappa shape index (κ2) is 6.16. The van der Waals surface area contributed by atoms with Crippen LogP contribution in [0.25, 0.3) is 16.9 Å². The van der Waals surface area contributed by atoms with Gasteiger partial charge in [-0.25, -0.2) is 23.3 Å². The Labute approximate surface area is 151 Å². The summed E-state index contributed by atoms with van der Waals surface area (Å²) >= 11 is 0. The Morgan fingerprint density at radius 2 is 2.07 bits per heavy atom. The predicted molar refractivity (Wildman–Crippen MR) is 93.9 cm³/mol. The first kappa shape index (κ1) is 16.6. The summed E-state index contributed by atoms with van der Waals surface area (Å²) in [6.45, 7) is 0. The number of nitrogens with zero attached hydrogens (tertiary/aromatic N) is 5. The number of anilines is 2. The zero-order chi connectivity index (χ0) is 19.1. The molecule has 0 aliphatic carbocycles. The number of aryl methyl sites for hydroxylation is 1. The molecule has 0 saturated heterocycles. The third-order valence-electron chi connectivity index (χ3n) is 4.03. The van der Waals surface area contributed by atoms with Gasteiger partial charge in [-0.1, -0.05) is 6.07 Å². The number of carbonyl (C=O) groups excluding carboxylic acids is 1. The molecule has 4 rings (SSSR count). The van der Waals surface area contributed by atoms with Crippen LogP contribution >= 0.6 is 0 Å². The number of nitrogen functional groups attached to an aromatic ring is 1. The number of imidazole rings is 1. The summed E-state index contributed by atoms with van der Waals surface area (Å²) in [4.78, 5) is 20.6. The fraction of sp³-hybridized carbons (Fsp3) is 0.0588. The fourth-order valence-electron chi connectivity index (χ4n) is 2.82. The van der Waals surface area contributed by atoms with Crippen molar-refractivity contribution in [2.75, 3.05) is 11.1 Å². The molecule has 0 aliphatic rings. The summed E-state index contributed by atoms with van der Waals surface area (Å²) in [6.07, 6.45) is 5.02. The Morgan fingerprint density at radius 3 is 2.81 bits per heavy atom. The van der Waals surface area contributed by atoms with Crippen molar-refractivity contribution < 1.29 is 13.6 Å². The zero-order valence-corrected chi connectivity index (χ0v) is 14.0. The van der Waals surface area contributed by atoms with Crippen LogP contribution < -0.4 is 11.1 Å². The quantitative estimate of drug-likeness (QED) is 0.576. The molecule has 0 spiro atoms. The number of amides is 1. The summed E-state index contributed by atoms with van der Waals surface area (Å²) in [5, 5.41) is 6.51. The molecule has 3 heterocycles. The number of hydrogen-bond donors (Lipinski definition) is 2. The van der Waals surface area contributed by atoms with Gasteiger partial charge in [-0.3, -0.25) is 4.79 Å². The minimum Gasteiger partial charge on any atom is -0.381 e. The maximum atomic E-state index is 14.5. The van der Waals surface area contributed by atoms with Crippen molar-refractivity contribution in [3.8, 4) is 11.3 Å². The molecule has 3 aromatic heterocycles. The molecule has 0 unspecified atom stereocenters. The Balaban J connectivity index is 1.78. The van der Waals surface area contributed by atoms with Crippen LogP contribution in [0.3, 0.4) is 0 Å². The van der Waals surface area contributed by atoms with Gasteiger partial charge in [-0.2, -0.15) is 0 Å². The summed E-state index contributed by atoms with van der Waals surface area (Å²) in [5.41, 5.74) is 6.75. The standard InChI is InChI=1S/C17H13F2N7O/c1-25-8-21-6-12(25)13-10(19)3-2-4-11(13)23-17(27)14-15(20)24-26-7-9(18)5-22-16(14)26/h2-8H,1H3,(H2,20,24)(H,23,27). The van der Waals surface area contributed by atoms with Gasteiger partial charge in [0.1, 0.15) is 11.4 Å². The number of aromatic nitrogens is 5. The van der Waals surface area contributed by atoms with Crippen LogP contribution in [-0.2, 0) is 7.05 Å². The van der Waals surface area contributed by atoms with E-state index in [4.69, 9.17) is 5.73 Å². The highest BCUT2D eigenvalue weighted by Gasteiger charge is 2.22. The van der Waals surface area contributed by atoms with Crippen molar-refractivity contribution in [1.29, 1.82) is 0 Å². The van der Waals surface area contributed by atoms with E-state index in [1.54, 1.807) is 17.7 Å². The van der Waals surface area contributed by atoms with Gasteiger partial charge in [0.05, 0.1) is 41.9 Å². The molecule has 0 aliphatic heterocycles. The molecule has 136 valence electrons. The molecule has 1 aromatic carbocycles. The van der Waals surface area contributed by atoms with Crippen molar-refractivity contribution in [2.45, 2.75) is 0 Å². The highest BCUT2D eigenvalue weighted by atomic mass is 19.1. The molecule has 1 amide bonds. The fourth-order valence-corrected chi connectivity index (χ4v) is 2.82. The lowest BCUT2D eigenvalue weighted by molar-refractivity contribution is 0.102. The third-order valence-corrected chi connectivity index (χ3v) is 4.03. The molecular formula is C17H13F2N7O. The van der Waals surface area contributed by atoms with Crippen LogP contribution in [-0.4, -0.2) is 30.1 Å². The zero-order valence-electron chi connectivity index (χ0n) is 14.0. The van der Waals surface area contributed by atoms with Crippen molar-refractivity contribution >= 4 is 23.1 Å². The maximum absolute atomic E-state index is 14.5. The maximum Gasteiger partial charge on any atom is 0.263 e. The molecule has 0 radical (unpaired) electrons. The number of rotatable bonds is 3. The average Bonchev–Trinajstić information content (AvgIpc) is 3.17. The SMILES string of the molecule is Cn1cncc1-c1c(F)cccc1NC(=O)c1c(N)nn2cc(F)cnc12. The molecule has 4 aromatic rings. The van der Waals surface area contributed by atoms with Crippen LogP contribution in [0, 0.1) is 11.6 Å². The molecule has 0 saturated carbocycles. The van der Waals surface area contributed by atoms with Crippen LogP contribution in [0.4, 0.5) is 20.3 Å². The Kier molecular flexibility index (Phi) is 3.80. The van der Waals surface area contributed by atoms with Gasteiger partial charge in [-0.15, -0.1) is 5.10 Å². The summed E-state index contributed by atoms with van der Waals surface area (Å²) in [5.74, 6) is -1.91. The number of fused-ring (bicyclic) bond motifs is 1. The Bertz CT molecular complexity index is 1180. The van der Waals surface area contributed by atoms with Crippen molar-refractivity contribution in [1.82, 2.24) is 24.1 Å². The Hall–Kier alpha value is -3.82. The van der Waals surface area contributed by atoms with E-state index in [-0.39, 0.29) is 28.3 Å². The first-order chi connectivity index (χ1) is 13.0. The summed E-state index contributed by atoms with van der Waals surface area (Å²) < 4.78 is 30.5. The number of nitrogens with two attached hydrogens (primary N) is 1. The van der Waals surface area contributed by atoms with Crippen LogP contribution in [0.2, 0.25) is 0 Å². The minimum absolute atomic E-state index is 0.0322. The van der Waals surface area contributed by atoms with Crippen LogP contribution in [0.1, 0.15) is 10.4 Å². The van der Waals surface area contributed by atoms with Gasteiger partial charge in [0.2, 0.25) is 0 Å². The van der Waals surface area contributed by atoms with E-state index < -0.39 is 17.5 Å². The highest BCUT2D eigenvalue weighted by molar-refractivity contribution is 6.12. The summed E-state index contributed by atoms with van der Waals surface area (Å²) in [6, 6.07) is 4.31. The number of halogens is 2. The van der Waals surface area contributed by atoms with E-state index in [1.807, 2.05) is 0 Å². The molecule has 8 nitrogen and oxygen atoms in total. The van der Waals surface area contributed by atoms with E-state index in [0.717, 1.165) is 16.9 Å². The number of carbonyl (C=O) groups is 1. The smallest absolute Gasteiger partial charge is 0.263 e. The topological polar surface area (TPSA) is 103 Å². The first-order valence-electron chi connectivity index (χ1n) is 7.81. The summed E-state index contributed by atoms with van der Waals surface area (Å²) in [7, 11) is 1.71. The highest BCUT2D eigenvalue weighted by Crippen LogP contribution is 2.31. The van der Waals surface area contributed by atoms with Crippen LogP contribution in [0.15, 0.2) is 43.1 Å². The van der Waals surface area contributed by atoms with Gasteiger partial charge in [0.15, 0.2) is 17.3 Å². The third kappa shape index (κ3) is 2.76. The van der Waals surface area contributed by atoms with E-state index in [1.165, 1.54) is 24.7 Å². The Morgan fingerprint density at radius 1 is 1.26 bits per heavy atom. The van der Waals surface area contributed by atoms with E-state index >= 15 is 0 Å². The lowest BCUT2D eigenvalue weighted by Crippen LogP contribution is -2.15. The second-order valence-electron chi connectivity index (χ2n) is 5.81. The minimum atomic E-state index is -0.643. The normalized spacial score (nSPS) is 11.1. The van der Waals surface area contributed by atoms with Gasteiger partial charge >= 0.3 is 0 Å². The molecule has 3 N–H and O–H groups in total. The second-order valence-corrected chi connectivity index (χ2v) is 5.81. The van der Waals surface area contributed by atoms with E-state index in [9.17, 15) is 13.6 Å². The largest absolute Gasteiger partial charge is 0.381 e. The lowest BCUT2D eigenvalue weighted by atomic mass is 10.1. The number of nitrogens with one attached hydrogen (secondary N) is 1. The van der Waals surface area contributed by atoms with Gasteiger partial charge in [0.25, 0.3) is 5.91 Å². The van der Waals surface area contributed by atoms with Gasteiger partial charge < -0.3 is 15.6 Å². The average molecular weight is 369 g/mol. The number of hydrogen-bond acceptors (Lipinski definition) is 5. The molecule has 0 atom stereocenters. The monoisotopic (exact) mass is 369 g/mol. The lowest BCUT2D eigenvalue weighted by Gasteiger charge is -2.12. The molecule has 10 heteroatoms. The van der Waals surface area contributed by atoms with Crippen molar-refractivity contribution in [3.05, 3.63) is 60.3 Å².